The number of rotatable bonds is 6. The minimum absolute atomic E-state index is 0.0955. The Morgan fingerprint density at radius 2 is 1.40 bits per heavy atom. The third-order valence-corrected chi connectivity index (χ3v) is 4.97. The van der Waals surface area contributed by atoms with Crippen LogP contribution in [0, 0.1) is 0 Å². The monoisotopic (exact) mass is 394 g/mol. The molecule has 0 unspecified atom stereocenters. The van der Waals surface area contributed by atoms with E-state index in [1.165, 1.54) is 5.56 Å². The minimum atomic E-state index is -0.264. The summed E-state index contributed by atoms with van der Waals surface area (Å²) in [5.74, 6) is -0.524. The van der Waals surface area contributed by atoms with Crippen molar-refractivity contribution in [3.63, 3.8) is 0 Å². The zero-order valence-corrected chi connectivity index (χ0v) is 16.5. The molecule has 2 amide bonds. The van der Waals surface area contributed by atoms with Crippen molar-refractivity contribution in [2.75, 3.05) is 11.9 Å². The number of carbonyl (C=O) groups is 2. The molecule has 0 aliphatic heterocycles. The fraction of sp³-hybridized carbons (Fsp3) is 0.0769. The zero-order valence-electron chi connectivity index (χ0n) is 16.5. The number of amides is 2. The molecule has 0 atom stereocenters. The van der Waals surface area contributed by atoms with Gasteiger partial charge in [-0.15, -0.1) is 0 Å². The maximum Gasteiger partial charge on any atom is 0.252 e. The molecule has 0 spiro atoms. The second-order valence-electron chi connectivity index (χ2n) is 7.08. The number of para-hydroxylation sites is 1. The van der Waals surface area contributed by atoms with Gasteiger partial charge in [0.25, 0.3) is 5.91 Å². The van der Waals surface area contributed by atoms with Crippen molar-refractivity contribution >= 4 is 28.3 Å². The van der Waals surface area contributed by atoms with Crippen LogP contribution in [0.25, 0.3) is 10.8 Å². The molecule has 0 saturated heterocycles. The summed E-state index contributed by atoms with van der Waals surface area (Å²) < 4.78 is 0. The summed E-state index contributed by atoms with van der Waals surface area (Å²) in [7, 11) is 0. The number of fused-ring (bicyclic) bond motifs is 1. The molecule has 4 aromatic rings. The minimum Gasteiger partial charge on any atom is -0.343 e. The normalized spacial score (nSPS) is 10.5. The van der Waals surface area contributed by atoms with Crippen molar-refractivity contribution in [2.45, 2.75) is 6.42 Å². The Labute approximate surface area is 175 Å². The lowest BCUT2D eigenvalue weighted by Crippen LogP contribution is -2.33. The highest BCUT2D eigenvalue weighted by Crippen LogP contribution is 2.20. The molecule has 0 aliphatic carbocycles. The zero-order chi connectivity index (χ0) is 20.8. The van der Waals surface area contributed by atoms with Crippen molar-refractivity contribution in [1.82, 2.24) is 5.32 Å². The van der Waals surface area contributed by atoms with Gasteiger partial charge in [0.1, 0.15) is 0 Å². The molecule has 0 radical (unpaired) electrons. The Bertz CT molecular complexity index is 1180. The third kappa shape index (κ3) is 4.55. The van der Waals surface area contributed by atoms with E-state index in [-0.39, 0.29) is 18.4 Å². The smallest absolute Gasteiger partial charge is 0.252 e. The molecule has 0 aromatic heterocycles. The Morgan fingerprint density at radius 3 is 2.27 bits per heavy atom. The van der Waals surface area contributed by atoms with E-state index in [0.717, 1.165) is 28.4 Å². The van der Waals surface area contributed by atoms with Gasteiger partial charge in [-0.05, 0) is 40.5 Å². The first-order valence-corrected chi connectivity index (χ1v) is 9.88. The van der Waals surface area contributed by atoms with Crippen LogP contribution < -0.4 is 10.6 Å². The molecule has 4 rings (SSSR count). The molecular weight excluding hydrogens is 372 g/mol. The van der Waals surface area contributed by atoms with E-state index < -0.39 is 0 Å². The third-order valence-electron chi connectivity index (χ3n) is 4.97. The molecule has 0 fully saturated rings. The predicted octanol–water partition coefficient (Wildman–Crippen LogP) is 4.80. The Hall–Kier alpha value is -3.92. The number of hydrogen-bond donors (Lipinski definition) is 2. The van der Waals surface area contributed by atoms with E-state index in [1.807, 2.05) is 78.9 Å². The van der Waals surface area contributed by atoms with Gasteiger partial charge in [-0.1, -0.05) is 84.9 Å². The molecule has 4 aromatic carbocycles. The first-order valence-electron chi connectivity index (χ1n) is 9.88. The van der Waals surface area contributed by atoms with Crippen LogP contribution in [-0.4, -0.2) is 18.4 Å². The summed E-state index contributed by atoms with van der Waals surface area (Å²) in [5, 5.41) is 7.51. The average Bonchev–Trinajstić information content (AvgIpc) is 2.79. The van der Waals surface area contributed by atoms with Crippen LogP contribution >= 0.6 is 0 Å². The first kappa shape index (κ1) is 19.4. The standard InChI is InChI=1S/C26H22N2O2/c29-25(18-27-26(30)23-15-8-13-20-11-4-6-14-22(20)23)28-24-16-7-5-12-21(24)17-19-9-2-1-3-10-19/h1-16H,17-18H2,(H,27,30)(H,28,29). The van der Waals surface area contributed by atoms with E-state index in [1.54, 1.807) is 6.07 Å². The molecule has 4 heteroatoms. The molecule has 0 heterocycles. The largest absolute Gasteiger partial charge is 0.343 e. The molecule has 148 valence electrons. The van der Waals surface area contributed by atoms with Crippen molar-refractivity contribution in [3.8, 4) is 0 Å². The van der Waals surface area contributed by atoms with Gasteiger partial charge in [0.2, 0.25) is 5.91 Å². The van der Waals surface area contributed by atoms with Gasteiger partial charge in [-0.25, -0.2) is 0 Å². The highest BCUT2D eigenvalue weighted by molar-refractivity contribution is 6.08. The SMILES string of the molecule is O=C(CNC(=O)c1cccc2ccccc12)Nc1ccccc1Cc1ccccc1. The first-order chi connectivity index (χ1) is 14.7. The van der Waals surface area contributed by atoms with Crippen LogP contribution in [-0.2, 0) is 11.2 Å². The quantitative estimate of drug-likeness (QED) is 0.494. The lowest BCUT2D eigenvalue weighted by Gasteiger charge is -2.12. The van der Waals surface area contributed by atoms with Crippen molar-refractivity contribution in [1.29, 1.82) is 0 Å². The van der Waals surface area contributed by atoms with Gasteiger partial charge in [0, 0.05) is 11.3 Å². The molecule has 4 nitrogen and oxygen atoms in total. The summed E-state index contributed by atoms with van der Waals surface area (Å²) in [6.07, 6.45) is 0.722. The average molecular weight is 394 g/mol. The Morgan fingerprint density at radius 1 is 0.700 bits per heavy atom. The van der Waals surface area contributed by atoms with Crippen molar-refractivity contribution in [2.24, 2.45) is 0 Å². The lowest BCUT2D eigenvalue weighted by molar-refractivity contribution is -0.115. The van der Waals surface area contributed by atoms with Crippen LogP contribution in [0.1, 0.15) is 21.5 Å². The summed E-state index contributed by atoms with van der Waals surface area (Å²) in [4.78, 5) is 25.1. The topological polar surface area (TPSA) is 58.2 Å². The lowest BCUT2D eigenvalue weighted by atomic mass is 10.0. The molecular formula is C26H22N2O2. The van der Waals surface area contributed by atoms with Crippen molar-refractivity contribution < 1.29 is 9.59 Å². The predicted molar refractivity (Wildman–Crippen MR) is 121 cm³/mol. The highest BCUT2D eigenvalue weighted by atomic mass is 16.2. The number of carbonyl (C=O) groups excluding carboxylic acids is 2. The molecule has 0 aliphatic rings. The van der Waals surface area contributed by atoms with Gasteiger partial charge in [-0.3, -0.25) is 9.59 Å². The second kappa shape index (κ2) is 9.05. The van der Waals surface area contributed by atoms with Gasteiger partial charge in [-0.2, -0.15) is 0 Å². The van der Waals surface area contributed by atoms with Crippen LogP contribution in [0.15, 0.2) is 97.1 Å². The Balaban J connectivity index is 1.41. The van der Waals surface area contributed by atoms with E-state index in [2.05, 4.69) is 22.8 Å². The van der Waals surface area contributed by atoms with Gasteiger partial charge >= 0.3 is 0 Å². The number of benzene rings is 4. The Kier molecular flexibility index (Phi) is 5.85. The van der Waals surface area contributed by atoms with Gasteiger partial charge in [0.15, 0.2) is 0 Å². The number of nitrogens with one attached hydrogen (secondary N) is 2. The fourth-order valence-electron chi connectivity index (χ4n) is 3.49. The van der Waals surface area contributed by atoms with Gasteiger partial charge in [0.05, 0.1) is 6.54 Å². The summed E-state index contributed by atoms with van der Waals surface area (Å²) in [5.41, 5.74) is 3.51. The molecule has 30 heavy (non-hydrogen) atoms. The van der Waals surface area contributed by atoms with E-state index in [0.29, 0.717) is 5.56 Å². The number of hydrogen-bond acceptors (Lipinski definition) is 2. The molecule has 0 bridgehead atoms. The van der Waals surface area contributed by atoms with Crippen LogP contribution in [0.5, 0.6) is 0 Å². The van der Waals surface area contributed by atoms with E-state index >= 15 is 0 Å². The summed E-state index contributed by atoms with van der Waals surface area (Å²) in [6, 6.07) is 31.1. The van der Waals surface area contributed by atoms with E-state index in [4.69, 9.17) is 0 Å². The molecule has 0 saturated carbocycles. The summed E-state index contributed by atoms with van der Waals surface area (Å²) in [6.45, 7) is -0.0955. The second-order valence-corrected chi connectivity index (χ2v) is 7.08. The summed E-state index contributed by atoms with van der Waals surface area (Å²) >= 11 is 0. The number of anilines is 1. The maximum atomic E-state index is 12.6. The van der Waals surface area contributed by atoms with Crippen molar-refractivity contribution in [3.05, 3.63) is 114 Å². The van der Waals surface area contributed by atoms with Crippen LogP contribution in [0.2, 0.25) is 0 Å². The maximum absolute atomic E-state index is 12.6. The van der Waals surface area contributed by atoms with Gasteiger partial charge < -0.3 is 10.6 Å². The fourth-order valence-corrected chi connectivity index (χ4v) is 3.49. The molecule has 2 N–H and O–H groups in total. The van der Waals surface area contributed by atoms with Crippen LogP contribution in [0.3, 0.4) is 0 Å². The highest BCUT2D eigenvalue weighted by Gasteiger charge is 2.12. The van der Waals surface area contributed by atoms with E-state index in [9.17, 15) is 9.59 Å². The van der Waals surface area contributed by atoms with Crippen LogP contribution in [0.4, 0.5) is 5.69 Å².